The molecule has 0 saturated heterocycles. The number of aliphatic hydroxyl groups excluding tert-OH is 2. The minimum Gasteiger partial charge on any atom is -0.394 e. The number of likely N-dealkylation sites (N-methyl/N-ethyl adjacent to an activating group) is 2. The lowest BCUT2D eigenvalue weighted by Crippen LogP contribution is -2.50. The van der Waals surface area contributed by atoms with Gasteiger partial charge in [-0.05, 0) is 48.5 Å². The van der Waals surface area contributed by atoms with E-state index in [-0.39, 0.29) is 37.3 Å². The summed E-state index contributed by atoms with van der Waals surface area (Å²) in [4.78, 5) is 85.1. The van der Waals surface area contributed by atoms with Gasteiger partial charge in [0, 0.05) is 63.8 Å². The molecule has 48 heavy (non-hydrogen) atoms. The molecule has 3 aromatic rings. The lowest BCUT2D eigenvalue weighted by Gasteiger charge is -2.25. The van der Waals surface area contributed by atoms with Gasteiger partial charge in [0.05, 0.1) is 13.2 Å². The van der Waals surface area contributed by atoms with Crippen molar-refractivity contribution in [3.05, 3.63) is 84.4 Å². The van der Waals surface area contributed by atoms with Crippen molar-refractivity contribution in [2.45, 2.75) is 24.9 Å². The van der Waals surface area contributed by atoms with Crippen molar-refractivity contribution < 1.29 is 39.0 Å². The summed E-state index contributed by atoms with van der Waals surface area (Å²) in [6, 6.07) is 13.4. The monoisotopic (exact) mass is 662 g/mol. The van der Waals surface area contributed by atoms with E-state index in [1.165, 1.54) is 38.6 Å². The van der Waals surface area contributed by atoms with Gasteiger partial charge in [-0.15, -0.1) is 0 Å². The van der Waals surface area contributed by atoms with E-state index in [1.807, 2.05) is 0 Å². The van der Waals surface area contributed by atoms with Crippen molar-refractivity contribution in [3.8, 4) is 0 Å². The molecule has 0 aliphatic carbocycles. The summed E-state index contributed by atoms with van der Waals surface area (Å²) in [6.45, 7) is -1.34. The molecule has 0 bridgehead atoms. The van der Waals surface area contributed by atoms with Crippen LogP contribution in [0.15, 0.2) is 73.1 Å². The molecule has 3 rings (SSSR count). The fourth-order valence-electron chi connectivity index (χ4n) is 4.30. The maximum atomic E-state index is 12.6. The van der Waals surface area contributed by atoms with Crippen LogP contribution in [0.25, 0.3) is 0 Å². The summed E-state index contributed by atoms with van der Waals surface area (Å²) >= 11 is 0. The largest absolute Gasteiger partial charge is 0.394 e. The fraction of sp³-hybridized carbons (Fsp3) is 0.312. The van der Waals surface area contributed by atoms with E-state index in [0.29, 0.717) is 11.4 Å². The van der Waals surface area contributed by atoms with E-state index in [0.717, 1.165) is 9.80 Å². The molecule has 16 heteroatoms. The van der Waals surface area contributed by atoms with Crippen LogP contribution in [0.4, 0.5) is 11.4 Å². The molecule has 2 heterocycles. The van der Waals surface area contributed by atoms with Gasteiger partial charge in [0.15, 0.2) is 0 Å². The van der Waals surface area contributed by atoms with E-state index in [4.69, 9.17) is 0 Å². The second kappa shape index (κ2) is 18.4. The first-order valence-electron chi connectivity index (χ1n) is 14.9. The minimum atomic E-state index is -1.17. The zero-order valence-electron chi connectivity index (χ0n) is 26.5. The third-order valence-corrected chi connectivity index (χ3v) is 7.05. The minimum absolute atomic E-state index is 0.0483. The van der Waals surface area contributed by atoms with Crippen LogP contribution in [0.2, 0.25) is 0 Å². The number of rotatable bonds is 16. The summed E-state index contributed by atoms with van der Waals surface area (Å²) < 4.78 is 0. The molecule has 0 aliphatic heterocycles. The Morgan fingerprint density at radius 1 is 0.625 bits per heavy atom. The van der Waals surface area contributed by atoms with Gasteiger partial charge < -0.3 is 41.3 Å². The molecule has 0 unspecified atom stereocenters. The quantitative estimate of drug-likeness (QED) is 0.117. The number of amides is 6. The van der Waals surface area contributed by atoms with Crippen LogP contribution in [0.3, 0.4) is 0 Å². The molecule has 254 valence electrons. The third-order valence-electron chi connectivity index (χ3n) is 7.05. The van der Waals surface area contributed by atoms with Gasteiger partial charge in [-0.1, -0.05) is 12.1 Å². The van der Waals surface area contributed by atoms with Crippen LogP contribution in [0.1, 0.15) is 33.8 Å². The van der Waals surface area contributed by atoms with Gasteiger partial charge in [-0.2, -0.15) is 0 Å². The fourth-order valence-corrected chi connectivity index (χ4v) is 4.30. The molecule has 16 nitrogen and oxygen atoms in total. The summed E-state index contributed by atoms with van der Waals surface area (Å²) in [7, 11) is 2.75. The number of aliphatic hydroxyl groups is 2. The summed E-state index contributed by atoms with van der Waals surface area (Å²) in [5, 5.41) is 29.8. The molecule has 0 fully saturated rings. The SMILES string of the molecule is CN(C(=O)c1ccccn1)[C@@H](CO)C(=O)NCCC(=O)Nc1ccc(NC(=O)CCNC(=O)[C@H](CO)N(C)C(=O)c2ccccn2)cc1. The molecule has 2 aromatic heterocycles. The van der Waals surface area contributed by atoms with Crippen molar-refractivity contribution in [2.24, 2.45) is 0 Å². The average molecular weight is 663 g/mol. The van der Waals surface area contributed by atoms with Crippen LogP contribution in [0, 0.1) is 0 Å². The smallest absolute Gasteiger partial charge is 0.272 e. The highest BCUT2D eigenvalue weighted by molar-refractivity contribution is 5.97. The number of carbonyl (C=O) groups is 6. The Balaban J connectivity index is 1.37. The Morgan fingerprint density at radius 3 is 1.31 bits per heavy atom. The lowest BCUT2D eigenvalue weighted by atomic mass is 10.2. The molecule has 1 aromatic carbocycles. The molecular formula is C32H38N8O8. The highest BCUT2D eigenvalue weighted by Crippen LogP contribution is 2.14. The molecule has 0 radical (unpaired) electrons. The van der Waals surface area contributed by atoms with E-state index < -0.39 is 60.7 Å². The maximum Gasteiger partial charge on any atom is 0.272 e. The highest BCUT2D eigenvalue weighted by atomic mass is 16.3. The zero-order chi connectivity index (χ0) is 35.1. The summed E-state index contributed by atoms with van der Waals surface area (Å²) in [5.41, 5.74) is 1.11. The number of nitrogens with zero attached hydrogens (tertiary/aromatic N) is 4. The molecule has 6 N–H and O–H groups in total. The summed E-state index contributed by atoms with van der Waals surface area (Å²) in [5.74, 6) is -3.16. The number of anilines is 2. The van der Waals surface area contributed by atoms with Crippen molar-refractivity contribution in [1.82, 2.24) is 30.4 Å². The number of hydrogen-bond donors (Lipinski definition) is 6. The zero-order valence-corrected chi connectivity index (χ0v) is 26.5. The maximum absolute atomic E-state index is 12.6. The normalized spacial score (nSPS) is 11.8. The second-order valence-corrected chi connectivity index (χ2v) is 10.4. The Hall–Kier alpha value is -5.74. The predicted molar refractivity (Wildman–Crippen MR) is 173 cm³/mol. The molecular weight excluding hydrogens is 624 g/mol. The Kier molecular flexibility index (Phi) is 14.1. The number of benzene rings is 1. The van der Waals surface area contributed by atoms with E-state index in [1.54, 1.807) is 48.5 Å². The van der Waals surface area contributed by atoms with Crippen molar-refractivity contribution in [1.29, 1.82) is 0 Å². The van der Waals surface area contributed by atoms with Gasteiger partial charge in [-0.3, -0.25) is 38.7 Å². The van der Waals surface area contributed by atoms with Gasteiger partial charge >= 0.3 is 0 Å². The Bertz CT molecular complexity index is 1440. The van der Waals surface area contributed by atoms with E-state index >= 15 is 0 Å². The van der Waals surface area contributed by atoms with Gasteiger partial charge in [0.25, 0.3) is 11.8 Å². The van der Waals surface area contributed by atoms with Crippen molar-refractivity contribution in [3.63, 3.8) is 0 Å². The number of pyridine rings is 2. The standard InChI is InChI=1S/C32H38N8O8/c1-39(31(47)23-7-3-5-15-33-23)25(19-41)29(45)35-17-13-27(43)37-21-9-11-22(12-10-21)38-28(44)14-18-36-30(46)26(20-42)40(2)32(48)24-8-4-6-16-34-24/h3-12,15-16,25-26,41-42H,13-14,17-20H2,1-2H3,(H,35,45)(H,36,46)(H,37,43)(H,38,44)/t25-,26-/m0/s1. The topological polar surface area (TPSA) is 223 Å². The molecule has 2 atom stereocenters. The van der Waals surface area contributed by atoms with Gasteiger partial charge in [0.1, 0.15) is 23.5 Å². The molecule has 6 amide bonds. The van der Waals surface area contributed by atoms with E-state index in [9.17, 15) is 39.0 Å². The average Bonchev–Trinajstić information content (AvgIpc) is 3.09. The number of hydrogen-bond acceptors (Lipinski definition) is 10. The van der Waals surface area contributed by atoms with Crippen LogP contribution in [-0.2, 0) is 19.2 Å². The lowest BCUT2D eigenvalue weighted by molar-refractivity contribution is -0.127. The van der Waals surface area contributed by atoms with Crippen LogP contribution in [-0.4, -0.2) is 118 Å². The van der Waals surface area contributed by atoms with Crippen LogP contribution in [0.5, 0.6) is 0 Å². The van der Waals surface area contributed by atoms with Crippen molar-refractivity contribution >= 4 is 46.8 Å². The Morgan fingerprint density at radius 2 is 1.00 bits per heavy atom. The van der Waals surface area contributed by atoms with Crippen LogP contribution >= 0.6 is 0 Å². The van der Waals surface area contributed by atoms with E-state index in [2.05, 4.69) is 31.2 Å². The summed E-state index contributed by atoms with van der Waals surface area (Å²) in [6.07, 6.45) is 2.71. The van der Waals surface area contributed by atoms with Crippen molar-refractivity contribution in [2.75, 3.05) is 51.0 Å². The number of carbonyl (C=O) groups excluding carboxylic acids is 6. The number of aromatic nitrogens is 2. The first kappa shape index (κ1) is 36.7. The highest BCUT2D eigenvalue weighted by Gasteiger charge is 2.28. The first-order valence-corrected chi connectivity index (χ1v) is 14.9. The predicted octanol–water partition coefficient (Wildman–Crippen LogP) is -0.368. The van der Waals surface area contributed by atoms with Gasteiger partial charge in [-0.25, -0.2) is 0 Å². The second-order valence-electron chi connectivity index (χ2n) is 10.4. The molecule has 0 aliphatic rings. The van der Waals surface area contributed by atoms with Crippen LogP contribution < -0.4 is 21.3 Å². The molecule has 0 saturated carbocycles. The van der Waals surface area contributed by atoms with Gasteiger partial charge in [0.2, 0.25) is 23.6 Å². The third kappa shape index (κ3) is 10.7. The first-order chi connectivity index (χ1) is 23.0. The molecule has 0 spiro atoms. The number of nitrogens with one attached hydrogen (secondary N) is 4. The Labute approximate surface area is 276 Å².